The van der Waals surface area contributed by atoms with Crippen molar-refractivity contribution in [3.63, 3.8) is 0 Å². The van der Waals surface area contributed by atoms with Gasteiger partial charge in [-0.2, -0.15) is 10.1 Å². The first kappa shape index (κ1) is 17.9. The summed E-state index contributed by atoms with van der Waals surface area (Å²) in [4.78, 5) is 30.3. The highest BCUT2D eigenvalue weighted by Crippen LogP contribution is 2.29. The lowest BCUT2D eigenvalue weighted by Gasteiger charge is -2.28. The number of hydrogen-bond acceptors (Lipinski definition) is 5. The lowest BCUT2D eigenvalue weighted by Crippen LogP contribution is -2.40. The van der Waals surface area contributed by atoms with Crippen LogP contribution in [0.1, 0.15) is 33.7 Å². The maximum atomic E-state index is 13.1. The third-order valence-corrected chi connectivity index (χ3v) is 4.60. The maximum absolute atomic E-state index is 13.1. The molecule has 0 saturated carbocycles. The number of hydrazone groups is 1. The van der Waals surface area contributed by atoms with Gasteiger partial charge in [0.2, 0.25) is 5.95 Å². The van der Waals surface area contributed by atoms with E-state index in [1.165, 1.54) is 9.13 Å². The van der Waals surface area contributed by atoms with Crippen molar-refractivity contribution in [3.05, 3.63) is 45.1 Å². The highest BCUT2D eigenvalue weighted by molar-refractivity contribution is 5.91. The number of fused-ring (bicyclic) bond motifs is 3. The fourth-order valence-corrected chi connectivity index (χ4v) is 3.12. The van der Waals surface area contributed by atoms with Gasteiger partial charge in [-0.15, -0.1) is 0 Å². The maximum Gasteiger partial charge on any atom is 0.332 e. The van der Waals surface area contributed by atoms with Gasteiger partial charge in [-0.1, -0.05) is 24.3 Å². The molecule has 1 unspecified atom stereocenters. The van der Waals surface area contributed by atoms with Gasteiger partial charge < -0.3 is 0 Å². The Kier molecular flexibility index (Phi) is 4.43. The van der Waals surface area contributed by atoms with Crippen LogP contribution in [0.15, 0.2) is 39.0 Å². The summed E-state index contributed by atoms with van der Waals surface area (Å²) in [6.07, 6.45) is 3.90. The van der Waals surface area contributed by atoms with Crippen molar-refractivity contribution < 1.29 is 0 Å². The average Bonchev–Trinajstić information content (AvgIpc) is 2.99. The molecule has 26 heavy (non-hydrogen) atoms. The Hall–Kier alpha value is -2.90. The first-order valence-corrected chi connectivity index (χ1v) is 8.57. The van der Waals surface area contributed by atoms with Gasteiger partial charge in [-0.25, -0.2) is 9.80 Å². The van der Waals surface area contributed by atoms with E-state index >= 15 is 0 Å². The Labute approximate surface area is 151 Å². The molecule has 0 N–H and O–H groups in total. The van der Waals surface area contributed by atoms with Crippen molar-refractivity contribution in [2.75, 3.05) is 11.6 Å². The molecule has 2 aromatic heterocycles. The standard InChI is InChI=1S/C18H24N6O2/c1-7-8-9-23-17-19-15-14(24(17)13(5)12(4)20-23)16(25)22(10-11(2)3)18(26)21(15)6/h7-8,13H,2,9-10H2,1,3-6H3. The minimum atomic E-state index is -0.397. The largest absolute Gasteiger partial charge is 0.332 e. The molecule has 0 aromatic carbocycles. The number of anilines is 1. The van der Waals surface area contributed by atoms with Gasteiger partial charge in [0.1, 0.15) is 0 Å². The van der Waals surface area contributed by atoms with Gasteiger partial charge in [-0.3, -0.25) is 18.5 Å². The monoisotopic (exact) mass is 356 g/mol. The van der Waals surface area contributed by atoms with E-state index < -0.39 is 5.69 Å². The zero-order valence-corrected chi connectivity index (χ0v) is 15.9. The first-order valence-electron chi connectivity index (χ1n) is 8.57. The molecule has 0 bridgehead atoms. The molecule has 8 heteroatoms. The van der Waals surface area contributed by atoms with Gasteiger partial charge in [0, 0.05) is 7.05 Å². The number of aromatic nitrogens is 4. The normalized spacial score (nSPS) is 17.0. The van der Waals surface area contributed by atoms with Crippen LogP contribution in [0.2, 0.25) is 0 Å². The summed E-state index contributed by atoms with van der Waals surface area (Å²) in [5.41, 5.74) is 1.65. The predicted molar refractivity (Wildman–Crippen MR) is 104 cm³/mol. The van der Waals surface area contributed by atoms with Gasteiger partial charge in [0.15, 0.2) is 11.2 Å². The predicted octanol–water partition coefficient (Wildman–Crippen LogP) is 1.81. The molecule has 0 fully saturated rings. The van der Waals surface area contributed by atoms with E-state index in [-0.39, 0.29) is 18.1 Å². The third kappa shape index (κ3) is 2.61. The Morgan fingerprint density at radius 3 is 2.65 bits per heavy atom. The summed E-state index contributed by atoms with van der Waals surface area (Å²) in [6, 6.07) is -0.125. The molecule has 3 rings (SSSR count). The summed E-state index contributed by atoms with van der Waals surface area (Å²) in [5, 5.41) is 6.35. The molecule has 2 aromatic rings. The minimum absolute atomic E-state index is 0.125. The summed E-state index contributed by atoms with van der Waals surface area (Å²) in [7, 11) is 1.63. The highest BCUT2D eigenvalue weighted by Gasteiger charge is 2.30. The lowest BCUT2D eigenvalue weighted by molar-refractivity contribution is 0.631. The molecule has 0 saturated heterocycles. The van der Waals surface area contributed by atoms with Crippen LogP contribution in [-0.4, -0.2) is 30.9 Å². The van der Waals surface area contributed by atoms with Crippen molar-refractivity contribution >= 4 is 22.8 Å². The Morgan fingerprint density at radius 2 is 2.04 bits per heavy atom. The lowest BCUT2D eigenvalue weighted by atomic mass is 10.2. The Bertz CT molecular complexity index is 1070. The second kappa shape index (κ2) is 6.44. The Balaban J connectivity index is 2.38. The first-order chi connectivity index (χ1) is 12.3. The van der Waals surface area contributed by atoms with Crippen LogP contribution in [0.5, 0.6) is 0 Å². The van der Waals surface area contributed by atoms with E-state index in [1.807, 2.05) is 37.5 Å². The third-order valence-electron chi connectivity index (χ3n) is 4.60. The molecule has 3 heterocycles. The minimum Gasteiger partial charge on any atom is -0.294 e. The van der Waals surface area contributed by atoms with E-state index in [4.69, 9.17) is 0 Å². The van der Waals surface area contributed by atoms with Crippen LogP contribution < -0.4 is 16.3 Å². The molecule has 0 spiro atoms. The molecular weight excluding hydrogens is 332 g/mol. The highest BCUT2D eigenvalue weighted by atomic mass is 16.2. The van der Waals surface area contributed by atoms with Crippen LogP contribution >= 0.6 is 0 Å². The van der Waals surface area contributed by atoms with Gasteiger partial charge in [0.25, 0.3) is 5.56 Å². The SMILES string of the molecule is C=C(C)Cn1c(=O)c2c(nc3n2C(C)C(C)=NN3CC=CC)n(C)c1=O. The van der Waals surface area contributed by atoms with Crippen molar-refractivity contribution in [2.45, 2.75) is 40.3 Å². The van der Waals surface area contributed by atoms with E-state index in [2.05, 4.69) is 16.7 Å². The fraction of sp³-hybridized carbons (Fsp3) is 0.444. The van der Waals surface area contributed by atoms with Crippen LogP contribution in [0, 0.1) is 0 Å². The topological polar surface area (TPSA) is 77.4 Å². The summed E-state index contributed by atoms with van der Waals surface area (Å²) >= 11 is 0. The molecule has 0 aliphatic carbocycles. The number of hydrogen-bond donors (Lipinski definition) is 0. The van der Waals surface area contributed by atoms with Crippen LogP contribution in [0.3, 0.4) is 0 Å². The Morgan fingerprint density at radius 1 is 1.35 bits per heavy atom. The number of allylic oxidation sites excluding steroid dienone is 2. The number of rotatable bonds is 4. The van der Waals surface area contributed by atoms with Crippen molar-refractivity contribution in [1.82, 2.24) is 18.7 Å². The molecule has 0 radical (unpaired) electrons. The smallest absolute Gasteiger partial charge is 0.294 e. The summed E-state index contributed by atoms with van der Waals surface area (Å²) in [5.74, 6) is 0.566. The summed E-state index contributed by atoms with van der Waals surface area (Å²) in [6.45, 7) is 12.2. The van der Waals surface area contributed by atoms with E-state index in [0.29, 0.717) is 23.7 Å². The number of nitrogens with zero attached hydrogens (tertiary/aromatic N) is 6. The molecular formula is C18H24N6O2. The van der Waals surface area contributed by atoms with Crippen molar-refractivity contribution in [2.24, 2.45) is 12.1 Å². The van der Waals surface area contributed by atoms with Gasteiger partial charge in [-0.05, 0) is 27.7 Å². The molecule has 1 atom stereocenters. The zero-order chi connectivity index (χ0) is 19.2. The van der Waals surface area contributed by atoms with Crippen molar-refractivity contribution in [1.29, 1.82) is 0 Å². The number of aryl methyl sites for hydroxylation is 1. The summed E-state index contributed by atoms with van der Waals surface area (Å²) < 4.78 is 4.50. The molecule has 1 aliphatic rings. The second-order valence-electron chi connectivity index (χ2n) is 6.71. The van der Waals surface area contributed by atoms with Gasteiger partial charge in [0.05, 0.1) is 24.8 Å². The van der Waals surface area contributed by atoms with Crippen LogP contribution in [0.25, 0.3) is 11.2 Å². The fourth-order valence-electron chi connectivity index (χ4n) is 3.12. The van der Waals surface area contributed by atoms with E-state index in [0.717, 1.165) is 11.3 Å². The molecule has 0 amide bonds. The average molecular weight is 356 g/mol. The molecule has 1 aliphatic heterocycles. The van der Waals surface area contributed by atoms with E-state index in [1.54, 1.807) is 19.0 Å². The van der Waals surface area contributed by atoms with E-state index in [9.17, 15) is 9.59 Å². The second-order valence-corrected chi connectivity index (χ2v) is 6.71. The molecule has 8 nitrogen and oxygen atoms in total. The number of imidazole rings is 1. The zero-order valence-electron chi connectivity index (χ0n) is 15.9. The van der Waals surface area contributed by atoms with Crippen molar-refractivity contribution in [3.8, 4) is 0 Å². The molecule has 138 valence electrons. The van der Waals surface area contributed by atoms with Crippen LogP contribution in [-0.2, 0) is 13.6 Å². The van der Waals surface area contributed by atoms with Crippen LogP contribution in [0.4, 0.5) is 5.95 Å². The van der Waals surface area contributed by atoms with Gasteiger partial charge >= 0.3 is 5.69 Å². The quantitative estimate of drug-likeness (QED) is 0.783.